The third-order valence-corrected chi connectivity index (χ3v) is 8.50. The molecule has 0 saturated carbocycles. The van der Waals surface area contributed by atoms with Crippen molar-refractivity contribution in [2.45, 2.75) is 115 Å². The summed E-state index contributed by atoms with van der Waals surface area (Å²) in [5.74, 6) is -0.0333. The summed E-state index contributed by atoms with van der Waals surface area (Å²) in [7, 11) is 0. The monoisotopic (exact) mass is 650 g/mol. The van der Waals surface area contributed by atoms with Gasteiger partial charge < -0.3 is 30.6 Å². The number of benzene rings is 2. The summed E-state index contributed by atoms with van der Waals surface area (Å²) in [6.45, 7) is 24.2. The predicted molar refractivity (Wildman–Crippen MR) is 166 cm³/mol. The van der Waals surface area contributed by atoms with E-state index in [0.29, 0.717) is 32.4 Å². The number of aliphatic hydroxyl groups is 2. The van der Waals surface area contributed by atoms with Crippen LogP contribution in [0.5, 0.6) is 23.0 Å². The van der Waals surface area contributed by atoms with Crippen LogP contribution >= 0.6 is 23.5 Å². The van der Waals surface area contributed by atoms with Crippen LogP contribution in [0.3, 0.4) is 0 Å². The van der Waals surface area contributed by atoms with Crippen molar-refractivity contribution in [2.75, 3.05) is 24.7 Å². The summed E-state index contributed by atoms with van der Waals surface area (Å²) in [5, 5.41) is 63.3. The Bertz CT molecular complexity index is 1060. The molecule has 0 fully saturated rings. The van der Waals surface area contributed by atoms with Crippen LogP contribution in [0, 0.1) is 0 Å². The van der Waals surface area contributed by atoms with Gasteiger partial charge in [0.25, 0.3) is 0 Å². The minimum Gasteiger partial charge on any atom is -0.870 e. The van der Waals surface area contributed by atoms with Gasteiger partial charge in [-0.2, -0.15) is 0 Å². The molecular weight excluding hydrogens is 600 g/mol. The van der Waals surface area contributed by atoms with Crippen LogP contribution in [0.25, 0.3) is 0 Å². The van der Waals surface area contributed by atoms with Crippen molar-refractivity contribution in [1.82, 2.24) is 0 Å². The topological polar surface area (TPSA) is 127 Å². The van der Waals surface area contributed by atoms with Gasteiger partial charge in [-0.05, 0) is 43.9 Å². The molecule has 0 spiro atoms. The van der Waals surface area contributed by atoms with Crippen LogP contribution in [-0.4, -0.2) is 45.1 Å². The number of thioether (sulfide) groups is 2. The smallest absolute Gasteiger partial charge is 0.870 e. The summed E-state index contributed by atoms with van der Waals surface area (Å²) in [4.78, 5) is 1.20. The Morgan fingerprint density at radius 3 is 0.976 bits per heavy atom. The predicted octanol–water partition coefficient (Wildman–Crippen LogP) is 6.29. The van der Waals surface area contributed by atoms with Crippen LogP contribution in [0.2, 0.25) is 0 Å². The van der Waals surface area contributed by atoms with Crippen LogP contribution in [0.4, 0.5) is 0 Å². The van der Waals surface area contributed by atoms with Gasteiger partial charge in [0, 0.05) is 11.5 Å². The molecule has 0 aliphatic heterocycles. The van der Waals surface area contributed by atoms with E-state index in [9.17, 15) is 20.4 Å². The normalized spacial score (nSPS) is 12.4. The maximum absolute atomic E-state index is 12.4. The minimum absolute atomic E-state index is 0. The molecule has 2 aromatic carbocycles. The zero-order chi connectivity index (χ0) is 31.4. The summed E-state index contributed by atoms with van der Waals surface area (Å²) in [6, 6.07) is 3.84. The maximum atomic E-state index is 12.4. The molecule has 0 aromatic heterocycles. The Balaban J connectivity index is 0.000000762. The molecule has 0 amide bonds. The molecule has 0 bridgehead atoms. The van der Waals surface area contributed by atoms with Gasteiger partial charge >= 0.3 is 17.1 Å². The van der Waals surface area contributed by atoms with Crippen LogP contribution in [-0.2, 0) is 38.7 Å². The van der Waals surface area contributed by atoms with E-state index in [1.165, 1.54) is 23.5 Å². The van der Waals surface area contributed by atoms with Gasteiger partial charge in [-0.1, -0.05) is 107 Å². The van der Waals surface area contributed by atoms with Crippen LogP contribution in [0.1, 0.15) is 105 Å². The molecule has 2 rings (SSSR count). The Kier molecular flexibility index (Phi) is 14.5. The summed E-state index contributed by atoms with van der Waals surface area (Å²) < 4.78 is 0. The van der Waals surface area contributed by atoms with Crippen molar-refractivity contribution in [3.8, 4) is 23.0 Å². The number of aliphatic hydroxyl groups excluding tert-OH is 2. The molecule has 6 nitrogen and oxygen atoms in total. The van der Waals surface area contributed by atoms with E-state index < -0.39 is 0 Å². The second-order valence-electron chi connectivity index (χ2n) is 14.1. The van der Waals surface area contributed by atoms with Crippen molar-refractivity contribution in [1.29, 1.82) is 0 Å². The van der Waals surface area contributed by atoms with E-state index >= 15 is 0 Å². The first-order chi connectivity index (χ1) is 18.0. The van der Waals surface area contributed by atoms with Gasteiger partial charge in [-0.15, -0.1) is 23.5 Å². The molecule has 41 heavy (non-hydrogen) atoms. The van der Waals surface area contributed by atoms with Gasteiger partial charge in [-0.3, -0.25) is 0 Å². The first-order valence-electron chi connectivity index (χ1n) is 13.6. The number of phenols is 2. The Hall–Kier alpha value is -1.22. The fraction of sp³-hybridized carbons (Fsp3) is 0.625. The average Bonchev–Trinajstić information content (AvgIpc) is 2.78. The molecule has 0 unspecified atom stereocenters. The maximum Gasteiger partial charge on any atom is 2.00 e. The molecule has 0 aliphatic carbocycles. The quantitative estimate of drug-likeness (QED) is 0.212. The first kappa shape index (κ1) is 39.8. The van der Waals surface area contributed by atoms with Crippen LogP contribution in [0.15, 0.2) is 21.9 Å². The molecule has 0 heterocycles. The fourth-order valence-corrected chi connectivity index (χ4v) is 6.17. The largest absolute Gasteiger partial charge is 2.00 e. The third kappa shape index (κ3) is 10.5. The number of rotatable bonds is 6. The molecule has 0 radical (unpaired) electrons. The number of hydrogen-bond acceptors (Lipinski definition) is 8. The molecule has 0 atom stereocenters. The van der Waals surface area contributed by atoms with E-state index in [2.05, 4.69) is 41.5 Å². The van der Waals surface area contributed by atoms with E-state index in [1.807, 2.05) is 53.7 Å². The Morgan fingerprint density at radius 1 is 0.537 bits per heavy atom. The van der Waals surface area contributed by atoms with E-state index in [0.717, 1.165) is 11.1 Å². The summed E-state index contributed by atoms with van der Waals surface area (Å²) in [5.41, 5.74) is 2.20. The SMILES string of the molecule is CC(C)(C)c1cc(C(C)(C)C)c(SCCO)c(O)c1[O-].CC(C)(C)c1cc(C(C)(C)C)c(SCCO)c(O)c1[O-].[Fe+2]. The molecule has 234 valence electrons. The fourth-order valence-electron chi connectivity index (χ4n) is 4.08. The number of hydrogen-bond donors (Lipinski definition) is 4. The average molecular weight is 651 g/mol. The minimum atomic E-state index is -0.311. The summed E-state index contributed by atoms with van der Waals surface area (Å²) in [6.07, 6.45) is 0. The molecule has 9 heteroatoms. The summed E-state index contributed by atoms with van der Waals surface area (Å²) >= 11 is 2.67. The van der Waals surface area contributed by atoms with Gasteiger partial charge in [0.1, 0.15) is 11.5 Å². The molecule has 0 aliphatic rings. The van der Waals surface area contributed by atoms with E-state index in [-0.39, 0.29) is 74.9 Å². The van der Waals surface area contributed by atoms with Crippen molar-refractivity contribution in [3.05, 3.63) is 34.4 Å². The zero-order valence-electron chi connectivity index (χ0n) is 26.8. The van der Waals surface area contributed by atoms with Gasteiger partial charge in [0.2, 0.25) is 0 Å². The van der Waals surface area contributed by atoms with E-state index in [4.69, 9.17) is 10.2 Å². The second-order valence-corrected chi connectivity index (χ2v) is 16.3. The van der Waals surface area contributed by atoms with Gasteiger partial charge in [-0.25, -0.2) is 0 Å². The molecular formula is C32H50FeO6S2. The molecule has 0 saturated heterocycles. The van der Waals surface area contributed by atoms with Crippen molar-refractivity contribution < 1.29 is 47.7 Å². The first-order valence-corrected chi connectivity index (χ1v) is 15.6. The Morgan fingerprint density at radius 2 is 0.780 bits per heavy atom. The van der Waals surface area contributed by atoms with Crippen molar-refractivity contribution in [3.63, 3.8) is 0 Å². The number of aromatic hydroxyl groups is 2. The van der Waals surface area contributed by atoms with Crippen molar-refractivity contribution >= 4 is 23.5 Å². The van der Waals surface area contributed by atoms with Gasteiger partial charge in [0.15, 0.2) is 0 Å². The standard InChI is InChI=1S/2C16H26O3S.Fe/c2*1-15(2,3)10-9-11(16(4,5)6)14(20-8-7-17)13(19)12(10)18;/h2*9,17-19H,7-8H2,1-6H3;/q;;+2/p-2. The van der Waals surface area contributed by atoms with Crippen LogP contribution < -0.4 is 10.2 Å². The Labute approximate surface area is 266 Å². The zero-order valence-corrected chi connectivity index (χ0v) is 29.5. The third-order valence-electron chi connectivity index (χ3n) is 6.32. The number of phenolic OH excluding ortho intramolecular Hbond substituents is 2. The molecule has 2 aromatic rings. The van der Waals surface area contributed by atoms with E-state index in [1.54, 1.807) is 0 Å². The van der Waals surface area contributed by atoms with Gasteiger partial charge in [0.05, 0.1) is 23.0 Å². The molecule has 4 N–H and O–H groups in total. The van der Waals surface area contributed by atoms with Crippen molar-refractivity contribution in [2.24, 2.45) is 0 Å². The second kappa shape index (κ2) is 15.0.